The first-order chi connectivity index (χ1) is 11.3. The van der Waals surface area contributed by atoms with Crippen molar-refractivity contribution < 1.29 is 9.53 Å². The molecule has 2 fully saturated rings. The van der Waals surface area contributed by atoms with E-state index in [4.69, 9.17) is 9.72 Å². The summed E-state index contributed by atoms with van der Waals surface area (Å²) in [6, 6.07) is 6.26. The number of aromatic nitrogens is 2. The van der Waals surface area contributed by atoms with Crippen LogP contribution in [0.25, 0.3) is 11.0 Å². The predicted molar refractivity (Wildman–Crippen MR) is 95.7 cm³/mol. The van der Waals surface area contributed by atoms with Crippen LogP contribution in [-0.4, -0.2) is 32.6 Å². The summed E-state index contributed by atoms with van der Waals surface area (Å²) < 4.78 is 6.67. The fourth-order valence-electron chi connectivity index (χ4n) is 4.06. The Morgan fingerprint density at radius 3 is 2.92 bits per heavy atom. The number of ether oxygens (including phenoxy) is 1. The summed E-state index contributed by atoms with van der Waals surface area (Å²) >= 11 is 3.49. The lowest BCUT2D eigenvalue weighted by molar-refractivity contribution is 0.00623. The molecule has 2 aromatic rings. The zero-order chi connectivity index (χ0) is 17.1. The Bertz CT molecular complexity index is 795. The second kappa shape index (κ2) is 5.48. The van der Waals surface area contributed by atoms with Crippen LogP contribution in [0.2, 0.25) is 0 Å². The smallest absolute Gasteiger partial charge is 0.411 e. The summed E-state index contributed by atoms with van der Waals surface area (Å²) in [6.07, 6.45) is 3.04. The van der Waals surface area contributed by atoms with E-state index in [9.17, 15) is 4.79 Å². The van der Waals surface area contributed by atoms with E-state index >= 15 is 0 Å². The van der Waals surface area contributed by atoms with Gasteiger partial charge in [0.25, 0.3) is 0 Å². The number of nitrogens with zero attached hydrogens (tertiary/aromatic N) is 2. The van der Waals surface area contributed by atoms with Crippen LogP contribution in [0.5, 0.6) is 0 Å². The van der Waals surface area contributed by atoms with E-state index in [1.807, 2.05) is 43.9 Å². The molecule has 1 aliphatic carbocycles. The van der Waals surface area contributed by atoms with Crippen LogP contribution in [0.4, 0.5) is 4.79 Å². The van der Waals surface area contributed by atoms with Crippen molar-refractivity contribution in [3.63, 3.8) is 0 Å². The Labute approximate surface area is 149 Å². The van der Waals surface area contributed by atoms with Crippen LogP contribution in [0, 0.1) is 5.92 Å². The van der Waals surface area contributed by atoms with E-state index in [0.717, 1.165) is 40.6 Å². The highest BCUT2D eigenvalue weighted by Gasteiger charge is 2.51. The number of aromatic amines is 1. The fourth-order valence-corrected chi connectivity index (χ4v) is 4.42. The van der Waals surface area contributed by atoms with Gasteiger partial charge < -0.3 is 9.72 Å². The summed E-state index contributed by atoms with van der Waals surface area (Å²) in [5, 5.41) is 0. The third-order valence-electron chi connectivity index (χ3n) is 4.93. The van der Waals surface area contributed by atoms with Crippen molar-refractivity contribution in [3.8, 4) is 0 Å². The maximum atomic E-state index is 12.8. The lowest BCUT2D eigenvalue weighted by Crippen LogP contribution is -2.43. The monoisotopic (exact) mass is 391 g/mol. The SMILES string of the molecule is CC(C)(C)OC(=O)N1[C@@H]2CC[C@@H](C2)[C@H]1c1nc2ccc(Br)cc2[nH]1. The molecule has 0 radical (unpaired) electrons. The van der Waals surface area contributed by atoms with Gasteiger partial charge in [0.05, 0.1) is 17.1 Å². The number of amides is 1. The molecule has 5 nitrogen and oxygen atoms in total. The van der Waals surface area contributed by atoms with E-state index in [1.165, 1.54) is 0 Å². The van der Waals surface area contributed by atoms with Crippen molar-refractivity contribution in [1.29, 1.82) is 0 Å². The number of rotatable bonds is 1. The van der Waals surface area contributed by atoms with Crippen molar-refractivity contribution in [1.82, 2.24) is 14.9 Å². The molecule has 128 valence electrons. The minimum Gasteiger partial charge on any atom is -0.444 e. The molecule has 2 heterocycles. The Morgan fingerprint density at radius 1 is 1.38 bits per heavy atom. The molecule has 1 aromatic heterocycles. The Hall–Kier alpha value is -1.56. The Morgan fingerprint density at radius 2 is 2.17 bits per heavy atom. The van der Waals surface area contributed by atoms with Crippen LogP contribution in [0.1, 0.15) is 51.9 Å². The van der Waals surface area contributed by atoms with Gasteiger partial charge in [0.1, 0.15) is 11.4 Å². The third-order valence-corrected chi connectivity index (χ3v) is 5.43. The van der Waals surface area contributed by atoms with Gasteiger partial charge in [-0.2, -0.15) is 0 Å². The minimum atomic E-state index is -0.484. The number of carbonyl (C=O) groups excluding carboxylic acids is 1. The Kier molecular flexibility index (Phi) is 3.64. The predicted octanol–water partition coefficient (Wildman–Crippen LogP) is 4.79. The van der Waals surface area contributed by atoms with Gasteiger partial charge in [-0.25, -0.2) is 9.78 Å². The second-order valence-corrected chi connectivity index (χ2v) is 8.76. The van der Waals surface area contributed by atoms with E-state index in [1.54, 1.807) is 0 Å². The van der Waals surface area contributed by atoms with Crippen molar-refractivity contribution >= 4 is 33.1 Å². The van der Waals surface area contributed by atoms with Gasteiger partial charge >= 0.3 is 6.09 Å². The standard InChI is InChI=1S/C18H22BrN3O2/c1-18(2,3)24-17(23)22-12-6-4-10(8-12)15(22)16-20-13-7-5-11(19)9-14(13)21-16/h5,7,9-10,12,15H,4,6,8H2,1-3H3,(H,20,21)/t10-,12+,15-/m0/s1. The number of piperidine rings is 1. The summed E-state index contributed by atoms with van der Waals surface area (Å²) in [6.45, 7) is 5.73. The van der Waals surface area contributed by atoms with Crippen molar-refractivity contribution in [2.75, 3.05) is 0 Å². The van der Waals surface area contributed by atoms with E-state index in [-0.39, 0.29) is 18.2 Å². The summed E-state index contributed by atoms with van der Waals surface area (Å²) in [7, 11) is 0. The summed E-state index contributed by atoms with van der Waals surface area (Å²) in [4.78, 5) is 22.9. The molecule has 0 unspecified atom stereocenters. The molecule has 4 rings (SSSR count). The first kappa shape index (κ1) is 15.9. The largest absolute Gasteiger partial charge is 0.444 e. The number of fused-ring (bicyclic) bond motifs is 3. The maximum Gasteiger partial charge on any atom is 0.411 e. The molecule has 0 spiro atoms. The van der Waals surface area contributed by atoms with Crippen molar-refractivity contribution in [3.05, 3.63) is 28.5 Å². The zero-order valence-corrected chi connectivity index (χ0v) is 15.8. The van der Waals surface area contributed by atoms with Gasteiger partial charge in [0.15, 0.2) is 0 Å². The molecule has 2 bridgehead atoms. The minimum absolute atomic E-state index is 0.00947. The van der Waals surface area contributed by atoms with Crippen LogP contribution in [-0.2, 0) is 4.74 Å². The number of halogens is 1. The quantitative estimate of drug-likeness (QED) is 0.760. The maximum absolute atomic E-state index is 12.8. The van der Waals surface area contributed by atoms with Crippen LogP contribution in [0.3, 0.4) is 0 Å². The molecular formula is C18H22BrN3O2. The molecule has 1 amide bonds. The molecule has 1 saturated carbocycles. The van der Waals surface area contributed by atoms with Crippen molar-refractivity contribution in [2.45, 2.75) is 57.7 Å². The first-order valence-electron chi connectivity index (χ1n) is 8.48. The molecular weight excluding hydrogens is 370 g/mol. The molecule has 6 heteroatoms. The van der Waals surface area contributed by atoms with Gasteiger partial charge in [-0.05, 0) is 64.2 Å². The van der Waals surface area contributed by atoms with Crippen LogP contribution >= 0.6 is 15.9 Å². The van der Waals surface area contributed by atoms with Gasteiger partial charge in [-0.3, -0.25) is 4.90 Å². The lowest BCUT2D eigenvalue weighted by atomic mass is 9.98. The molecule has 1 aromatic carbocycles. The van der Waals surface area contributed by atoms with E-state index < -0.39 is 5.60 Å². The highest BCUT2D eigenvalue weighted by atomic mass is 79.9. The van der Waals surface area contributed by atoms with Crippen LogP contribution < -0.4 is 0 Å². The van der Waals surface area contributed by atoms with E-state index in [2.05, 4.69) is 20.9 Å². The normalized spacial score (nSPS) is 26.3. The molecule has 3 atom stereocenters. The van der Waals surface area contributed by atoms with Gasteiger partial charge in [-0.1, -0.05) is 15.9 Å². The van der Waals surface area contributed by atoms with Gasteiger partial charge in [-0.15, -0.1) is 0 Å². The summed E-state index contributed by atoms with van der Waals surface area (Å²) in [5.41, 5.74) is 1.44. The van der Waals surface area contributed by atoms with Crippen molar-refractivity contribution in [2.24, 2.45) is 5.92 Å². The first-order valence-corrected chi connectivity index (χ1v) is 9.27. The third kappa shape index (κ3) is 2.70. The number of hydrogen-bond acceptors (Lipinski definition) is 3. The number of carbonyl (C=O) groups is 1. The lowest BCUT2D eigenvalue weighted by Gasteiger charge is -2.35. The molecule has 1 saturated heterocycles. The highest BCUT2D eigenvalue weighted by Crippen LogP contribution is 2.50. The average molecular weight is 392 g/mol. The van der Waals surface area contributed by atoms with Gasteiger partial charge in [0.2, 0.25) is 0 Å². The number of likely N-dealkylation sites (tertiary alicyclic amines) is 1. The summed E-state index contributed by atoms with van der Waals surface area (Å²) in [5.74, 6) is 1.34. The number of benzene rings is 1. The highest BCUT2D eigenvalue weighted by molar-refractivity contribution is 9.10. The molecule has 2 aliphatic rings. The van der Waals surface area contributed by atoms with E-state index in [0.29, 0.717) is 5.92 Å². The fraction of sp³-hybridized carbons (Fsp3) is 0.556. The van der Waals surface area contributed by atoms with Crippen LogP contribution in [0.15, 0.2) is 22.7 Å². The number of hydrogen-bond donors (Lipinski definition) is 1. The number of imidazole rings is 1. The molecule has 24 heavy (non-hydrogen) atoms. The molecule has 1 aliphatic heterocycles. The average Bonchev–Trinajstić information content (AvgIpc) is 3.17. The zero-order valence-electron chi connectivity index (χ0n) is 14.2. The number of nitrogens with one attached hydrogen (secondary N) is 1. The number of H-pyrrole nitrogens is 1. The second-order valence-electron chi connectivity index (χ2n) is 7.84. The molecule has 1 N–H and O–H groups in total. The van der Waals surface area contributed by atoms with Gasteiger partial charge in [0, 0.05) is 10.5 Å². The topological polar surface area (TPSA) is 58.2 Å². The Balaban J connectivity index is 1.69.